The van der Waals surface area contributed by atoms with E-state index in [2.05, 4.69) is 27.5 Å². The Morgan fingerprint density at radius 1 is 0.969 bits per heavy atom. The van der Waals surface area contributed by atoms with Crippen molar-refractivity contribution in [3.05, 3.63) is 65.3 Å². The lowest BCUT2D eigenvalue weighted by Gasteiger charge is -2.15. The van der Waals surface area contributed by atoms with E-state index in [0.717, 1.165) is 31.9 Å². The Morgan fingerprint density at radius 3 is 2.47 bits per heavy atom. The van der Waals surface area contributed by atoms with Gasteiger partial charge in [-0.15, -0.1) is 0 Å². The van der Waals surface area contributed by atoms with Gasteiger partial charge in [0.15, 0.2) is 0 Å². The van der Waals surface area contributed by atoms with Crippen molar-refractivity contribution in [3.8, 4) is 5.75 Å². The fourth-order valence-electron chi connectivity index (χ4n) is 2.93. The maximum atomic E-state index is 13.5. The Kier molecular flexibility index (Phi) is 8.16. The zero-order valence-electron chi connectivity index (χ0n) is 17.5. The molecule has 1 aromatic heterocycles. The average molecular weight is 465 g/mol. The van der Waals surface area contributed by atoms with Crippen LogP contribution in [-0.2, 0) is 6.18 Å². The Morgan fingerprint density at radius 2 is 1.75 bits per heavy atom. The molecule has 3 aromatic rings. The molecule has 0 amide bonds. The first-order valence-corrected chi connectivity index (χ1v) is 10.7. The van der Waals surface area contributed by atoms with Gasteiger partial charge >= 0.3 is 6.18 Å². The molecule has 0 spiro atoms. The quantitative estimate of drug-likeness (QED) is 0.302. The largest absolute Gasteiger partial charge is 0.494 e. The Balaban J connectivity index is 1.77. The van der Waals surface area contributed by atoms with Gasteiger partial charge in [-0.3, -0.25) is 0 Å². The Hall–Kier alpha value is -3.00. The van der Waals surface area contributed by atoms with Crippen molar-refractivity contribution in [1.82, 2.24) is 9.97 Å². The van der Waals surface area contributed by atoms with Gasteiger partial charge in [-0.05, 0) is 42.8 Å². The lowest BCUT2D eigenvalue weighted by molar-refractivity contribution is -0.137. The second-order valence-electron chi connectivity index (χ2n) is 7.15. The van der Waals surface area contributed by atoms with E-state index in [1.54, 1.807) is 48.5 Å². The van der Waals surface area contributed by atoms with E-state index in [9.17, 15) is 13.2 Å². The van der Waals surface area contributed by atoms with E-state index in [-0.39, 0.29) is 11.8 Å². The molecule has 170 valence electrons. The second-order valence-corrected chi connectivity index (χ2v) is 7.58. The van der Waals surface area contributed by atoms with Gasteiger partial charge in [-0.1, -0.05) is 43.9 Å². The molecule has 0 aliphatic carbocycles. The van der Waals surface area contributed by atoms with Gasteiger partial charge < -0.3 is 15.4 Å². The number of anilines is 4. The Bertz CT molecular complexity index is 1010. The molecule has 0 atom stereocenters. The lowest BCUT2D eigenvalue weighted by Crippen LogP contribution is -2.12. The van der Waals surface area contributed by atoms with Crippen LogP contribution < -0.4 is 15.4 Å². The summed E-state index contributed by atoms with van der Waals surface area (Å²) in [7, 11) is 0. The van der Waals surface area contributed by atoms with E-state index >= 15 is 0 Å². The summed E-state index contributed by atoms with van der Waals surface area (Å²) in [6, 6.07) is 13.4. The highest BCUT2D eigenvalue weighted by atomic mass is 35.5. The minimum Gasteiger partial charge on any atom is -0.494 e. The number of hydrogen-bond donors (Lipinski definition) is 2. The minimum atomic E-state index is -4.62. The first-order chi connectivity index (χ1) is 15.3. The fraction of sp³-hybridized carbons (Fsp3) is 0.304. The number of ether oxygens (including phenoxy) is 1. The fourth-order valence-corrected chi connectivity index (χ4v) is 3.05. The molecule has 0 aliphatic heterocycles. The van der Waals surface area contributed by atoms with Crippen molar-refractivity contribution in [2.24, 2.45) is 0 Å². The highest BCUT2D eigenvalue weighted by Gasteiger charge is 2.35. The SMILES string of the molecule is CCCCCCOc1cccc(Nc2nc(Nc3ccc(Cl)cc3)ncc2C(F)(F)F)c1. The van der Waals surface area contributed by atoms with Crippen LogP contribution in [0.2, 0.25) is 5.02 Å². The molecule has 32 heavy (non-hydrogen) atoms. The number of alkyl halides is 3. The van der Waals surface area contributed by atoms with E-state index in [0.29, 0.717) is 28.8 Å². The average Bonchev–Trinajstić information content (AvgIpc) is 2.75. The summed E-state index contributed by atoms with van der Waals surface area (Å²) in [5, 5.41) is 6.17. The number of rotatable bonds is 10. The molecule has 0 saturated heterocycles. The number of aromatic nitrogens is 2. The maximum Gasteiger partial charge on any atom is 0.421 e. The summed E-state index contributed by atoms with van der Waals surface area (Å²) >= 11 is 5.86. The number of nitrogens with one attached hydrogen (secondary N) is 2. The van der Waals surface area contributed by atoms with Crippen LogP contribution in [0.1, 0.15) is 38.2 Å². The molecule has 1 heterocycles. The molecule has 0 bridgehead atoms. The number of nitrogens with zero attached hydrogens (tertiary/aromatic N) is 2. The van der Waals surface area contributed by atoms with Crippen molar-refractivity contribution in [3.63, 3.8) is 0 Å². The van der Waals surface area contributed by atoms with Crippen molar-refractivity contribution in [1.29, 1.82) is 0 Å². The van der Waals surface area contributed by atoms with Gasteiger partial charge in [-0.2, -0.15) is 18.2 Å². The van der Waals surface area contributed by atoms with Gasteiger partial charge in [0.1, 0.15) is 17.1 Å². The number of halogens is 4. The van der Waals surface area contributed by atoms with Crippen molar-refractivity contribution in [2.45, 2.75) is 38.8 Å². The number of unbranched alkanes of at least 4 members (excludes halogenated alkanes) is 3. The third kappa shape index (κ3) is 7.02. The first kappa shape index (κ1) is 23.7. The normalized spacial score (nSPS) is 11.3. The monoisotopic (exact) mass is 464 g/mol. The van der Waals surface area contributed by atoms with Crippen LogP contribution in [0.3, 0.4) is 0 Å². The topological polar surface area (TPSA) is 59.1 Å². The summed E-state index contributed by atoms with van der Waals surface area (Å²) in [5.74, 6) is 0.240. The molecule has 2 N–H and O–H groups in total. The van der Waals surface area contributed by atoms with Crippen LogP contribution >= 0.6 is 11.6 Å². The third-order valence-corrected chi connectivity index (χ3v) is 4.81. The molecule has 0 saturated carbocycles. The summed E-state index contributed by atoms with van der Waals surface area (Å²) in [6.45, 7) is 2.69. The summed E-state index contributed by atoms with van der Waals surface area (Å²) in [6.07, 6.45) is 0.416. The van der Waals surface area contributed by atoms with Crippen molar-refractivity contribution >= 4 is 34.7 Å². The van der Waals surface area contributed by atoms with E-state index in [1.807, 2.05) is 0 Å². The molecular formula is C23H24ClF3N4O. The van der Waals surface area contributed by atoms with Crippen LogP contribution in [-0.4, -0.2) is 16.6 Å². The molecular weight excluding hydrogens is 441 g/mol. The van der Waals surface area contributed by atoms with Gasteiger partial charge in [0, 0.05) is 28.7 Å². The van der Waals surface area contributed by atoms with Crippen molar-refractivity contribution in [2.75, 3.05) is 17.2 Å². The van der Waals surface area contributed by atoms with Gasteiger partial charge in [0.25, 0.3) is 0 Å². The van der Waals surface area contributed by atoms with E-state index in [1.165, 1.54) is 0 Å². The zero-order chi connectivity index (χ0) is 23.0. The third-order valence-electron chi connectivity index (χ3n) is 4.56. The highest BCUT2D eigenvalue weighted by Crippen LogP contribution is 2.35. The van der Waals surface area contributed by atoms with Gasteiger partial charge in [-0.25, -0.2) is 4.98 Å². The molecule has 5 nitrogen and oxygen atoms in total. The van der Waals surface area contributed by atoms with Crippen LogP contribution in [0, 0.1) is 0 Å². The first-order valence-electron chi connectivity index (χ1n) is 10.3. The molecule has 9 heteroatoms. The second kappa shape index (κ2) is 11.0. The van der Waals surface area contributed by atoms with Crippen LogP contribution in [0.5, 0.6) is 5.75 Å². The Labute approximate surface area is 190 Å². The predicted molar refractivity (Wildman–Crippen MR) is 121 cm³/mol. The van der Waals surface area contributed by atoms with Gasteiger partial charge in [0.2, 0.25) is 5.95 Å². The molecule has 0 aliphatic rings. The van der Waals surface area contributed by atoms with Gasteiger partial charge in [0.05, 0.1) is 6.61 Å². The van der Waals surface area contributed by atoms with Crippen LogP contribution in [0.4, 0.5) is 36.3 Å². The van der Waals surface area contributed by atoms with Crippen molar-refractivity contribution < 1.29 is 17.9 Å². The van der Waals surface area contributed by atoms with Crippen LogP contribution in [0.15, 0.2) is 54.7 Å². The lowest BCUT2D eigenvalue weighted by atomic mass is 10.2. The standard InChI is InChI=1S/C23H24ClF3N4O/c1-2-3-4-5-13-32-19-8-6-7-18(14-19)29-21-20(23(25,26)27)15-28-22(31-21)30-17-11-9-16(24)10-12-17/h6-12,14-15H,2-5,13H2,1H3,(H2,28,29,30,31). The highest BCUT2D eigenvalue weighted by molar-refractivity contribution is 6.30. The summed E-state index contributed by atoms with van der Waals surface area (Å²) < 4.78 is 46.3. The number of benzene rings is 2. The maximum absolute atomic E-state index is 13.5. The van der Waals surface area contributed by atoms with E-state index < -0.39 is 11.7 Å². The molecule has 2 aromatic carbocycles. The molecule has 0 unspecified atom stereocenters. The summed E-state index contributed by atoms with van der Waals surface area (Å²) in [4.78, 5) is 7.86. The predicted octanol–water partition coefficient (Wildman–Crippen LogP) is 7.60. The van der Waals surface area contributed by atoms with E-state index in [4.69, 9.17) is 16.3 Å². The smallest absolute Gasteiger partial charge is 0.421 e. The minimum absolute atomic E-state index is 0.0196. The molecule has 0 radical (unpaired) electrons. The van der Waals surface area contributed by atoms with Crippen LogP contribution in [0.25, 0.3) is 0 Å². The molecule has 0 fully saturated rings. The number of hydrogen-bond acceptors (Lipinski definition) is 5. The summed E-state index contributed by atoms with van der Waals surface area (Å²) in [5.41, 5.74) is 0.0568. The zero-order valence-corrected chi connectivity index (χ0v) is 18.3. The molecule has 3 rings (SSSR count).